The van der Waals surface area contributed by atoms with E-state index in [9.17, 15) is 9.59 Å². The second kappa shape index (κ2) is 7.12. The Labute approximate surface area is 138 Å². The molecular weight excluding hydrogens is 314 g/mol. The molecule has 0 aliphatic rings. The molecule has 0 atom stereocenters. The Morgan fingerprint density at radius 2 is 1.96 bits per heavy atom. The minimum absolute atomic E-state index is 0.0565. The SMILES string of the molecule is COc1ccc(-c2noc(CCC(=O)NC(C)(C)C(=O)O)n2)cc1. The molecule has 2 N–H and O–H groups in total. The molecule has 0 spiro atoms. The lowest BCUT2D eigenvalue weighted by atomic mass is 10.1. The maximum Gasteiger partial charge on any atom is 0.328 e. The normalized spacial score (nSPS) is 11.1. The molecule has 0 saturated carbocycles. The van der Waals surface area contributed by atoms with E-state index in [-0.39, 0.29) is 12.8 Å². The summed E-state index contributed by atoms with van der Waals surface area (Å²) in [6.45, 7) is 2.84. The van der Waals surface area contributed by atoms with Crippen LogP contribution in [0.4, 0.5) is 0 Å². The summed E-state index contributed by atoms with van der Waals surface area (Å²) in [5.41, 5.74) is -0.553. The first-order valence-electron chi connectivity index (χ1n) is 7.33. The standard InChI is InChI=1S/C16H19N3O5/c1-16(2,15(21)22)18-12(20)8-9-13-17-14(19-24-13)10-4-6-11(23-3)7-5-10/h4-7H,8-9H2,1-3H3,(H,18,20)(H,21,22). The van der Waals surface area contributed by atoms with Gasteiger partial charge < -0.3 is 19.7 Å². The van der Waals surface area contributed by atoms with Crippen molar-refractivity contribution in [3.63, 3.8) is 0 Å². The van der Waals surface area contributed by atoms with E-state index in [1.54, 1.807) is 31.4 Å². The molecule has 8 nitrogen and oxygen atoms in total. The van der Waals surface area contributed by atoms with Gasteiger partial charge in [-0.1, -0.05) is 5.16 Å². The molecule has 1 aromatic carbocycles. The van der Waals surface area contributed by atoms with E-state index in [0.717, 1.165) is 11.3 Å². The lowest BCUT2D eigenvalue weighted by Gasteiger charge is -2.20. The monoisotopic (exact) mass is 333 g/mol. The Balaban J connectivity index is 1.94. The molecule has 24 heavy (non-hydrogen) atoms. The van der Waals surface area contributed by atoms with Crippen LogP contribution in [-0.2, 0) is 16.0 Å². The van der Waals surface area contributed by atoms with Crippen molar-refractivity contribution < 1.29 is 24.0 Å². The molecule has 0 aliphatic carbocycles. The van der Waals surface area contributed by atoms with Gasteiger partial charge >= 0.3 is 5.97 Å². The first kappa shape index (κ1) is 17.5. The van der Waals surface area contributed by atoms with Gasteiger partial charge in [0.2, 0.25) is 17.6 Å². The number of nitrogens with zero attached hydrogens (tertiary/aromatic N) is 2. The smallest absolute Gasteiger partial charge is 0.328 e. The van der Waals surface area contributed by atoms with Gasteiger partial charge in [0.1, 0.15) is 11.3 Å². The number of benzene rings is 1. The third kappa shape index (κ3) is 4.31. The molecule has 0 aliphatic heterocycles. The molecule has 0 fully saturated rings. The summed E-state index contributed by atoms with van der Waals surface area (Å²) in [7, 11) is 1.58. The highest BCUT2D eigenvalue weighted by atomic mass is 16.5. The summed E-state index contributed by atoms with van der Waals surface area (Å²) in [5, 5.41) is 15.3. The number of hydrogen-bond acceptors (Lipinski definition) is 6. The molecule has 2 rings (SSSR count). The van der Waals surface area contributed by atoms with Gasteiger partial charge in [-0.2, -0.15) is 4.98 Å². The van der Waals surface area contributed by atoms with Crippen LogP contribution in [0, 0.1) is 0 Å². The summed E-state index contributed by atoms with van der Waals surface area (Å²) in [4.78, 5) is 27.0. The van der Waals surface area contributed by atoms with Crippen LogP contribution in [0.1, 0.15) is 26.2 Å². The minimum atomic E-state index is -1.32. The number of aliphatic carboxylic acids is 1. The zero-order valence-electron chi connectivity index (χ0n) is 13.7. The lowest BCUT2D eigenvalue weighted by Crippen LogP contribution is -2.49. The Hall–Kier alpha value is -2.90. The number of carboxylic acids is 1. The van der Waals surface area contributed by atoms with E-state index in [2.05, 4.69) is 15.5 Å². The average Bonchev–Trinajstić information content (AvgIpc) is 3.01. The van der Waals surface area contributed by atoms with E-state index in [1.807, 2.05) is 0 Å². The number of carboxylic acid groups (broad SMARTS) is 1. The van der Waals surface area contributed by atoms with Crippen molar-refractivity contribution >= 4 is 11.9 Å². The second-order valence-corrected chi connectivity index (χ2v) is 5.72. The molecule has 128 valence electrons. The first-order chi connectivity index (χ1) is 11.3. The van der Waals surface area contributed by atoms with Gasteiger partial charge in [-0.05, 0) is 38.1 Å². The number of aromatic nitrogens is 2. The topological polar surface area (TPSA) is 115 Å². The highest BCUT2D eigenvalue weighted by Gasteiger charge is 2.28. The van der Waals surface area contributed by atoms with E-state index in [0.29, 0.717) is 11.7 Å². The molecule has 2 aromatic rings. The minimum Gasteiger partial charge on any atom is -0.497 e. The highest BCUT2D eigenvalue weighted by molar-refractivity contribution is 5.86. The molecule has 0 radical (unpaired) electrons. The van der Waals surface area contributed by atoms with Crippen LogP contribution >= 0.6 is 0 Å². The number of ether oxygens (including phenoxy) is 1. The zero-order valence-corrected chi connectivity index (χ0v) is 13.7. The summed E-state index contributed by atoms with van der Waals surface area (Å²) in [5.74, 6) is -0.0507. The van der Waals surface area contributed by atoms with Crippen molar-refractivity contribution in [2.75, 3.05) is 7.11 Å². The van der Waals surface area contributed by atoms with Crippen molar-refractivity contribution in [2.45, 2.75) is 32.2 Å². The average molecular weight is 333 g/mol. The van der Waals surface area contributed by atoms with E-state index in [4.69, 9.17) is 14.4 Å². The van der Waals surface area contributed by atoms with Gasteiger partial charge in [0.15, 0.2) is 0 Å². The van der Waals surface area contributed by atoms with Crippen LogP contribution in [-0.4, -0.2) is 39.8 Å². The van der Waals surface area contributed by atoms with Gasteiger partial charge in [-0.15, -0.1) is 0 Å². The van der Waals surface area contributed by atoms with Crippen molar-refractivity contribution in [1.82, 2.24) is 15.5 Å². The third-order valence-corrected chi connectivity index (χ3v) is 3.37. The fourth-order valence-corrected chi connectivity index (χ4v) is 1.90. The summed E-state index contributed by atoms with van der Waals surface area (Å²) >= 11 is 0. The van der Waals surface area contributed by atoms with Crippen LogP contribution in [0.2, 0.25) is 0 Å². The van der Waals surface area contributed by atoms with Crippen molar-refractivity contribution in [1.29, 1.82) is 0 Å². The molecule has 1 heterocycles. The fraction of sp³-hybridized carbons (Fsp3) is 0.375. The van der Waals surface area contributed by atoms with Gasteiger partial charge in [-0.25, -0.2) is 4.79 Å². The Bertz CT molecular complexity index is 722. The van der Waals surface area contributed by atoms with Crippen LogP contribution in [0.15, 0.2) is 28.8 Å². The molecule has 1 aromatic heterocycles. The maximum atomic E-state index is 11.8. The number of nitrogens with one attached hydrogen (secondary N) is 1. The molecule has 0 unspecified atom stereocenters. The van der Waals surface area contributed by atoms with Gasteiger partial charge in [0, 0.05) is 18.4 Å². The lowest BCUT2D eigenvalue weighted by molar-refractivity contribution is -0.146. The molecular formula is C16H19N3O5. The third-order valence-electron chi connectivity index (χ3n) is 3.37. The molecule has 1 amide bonds. The Kier molecular flexibility index (Phi) is 5.18. The first-order valence-corrected chi connectivity index (χ1v) is 7.33. The largest absolute Gasteiger partial charge is 0.497 e. The number of carbonyl (C=O) groups excluding carboxylic acids is 1. The number of amides is 1. The fourth-order valence-electron chi connectivity index (χ4n) is 1.90. The van der Waals surface area contributed by atoms with Crippen molar-refractivity contribution in [2.24, 2.45) is 0 Å². The van der Waals surface area contributed by atoms with Crippen LogP contribution in [0.3, 0.4) is 0 Å². The predicted molar refractivity (Wildman–Crippen MR) is 84.5 cm³/mol. The Morgan fingerprint density at radius 1 is 1.29 bits per heavy atom. The Morgan fingerprint density at radius 3 is 2.54 bits per heavy atom. The number of methoxy groups -OCH3 is 1. The maximum absolute atomic E-state index is 11.8. The van der Waals surface area contributed by atoms with Gasteiger partial charge in [0.25, 0.3) is 0 Å². The van der Waals surface area contributed by atoms with Crippen LogP contribution in [0.5, 0.6) is 5.75 Å². The van der Waals surface area contributed by atoms with E-state index >= 15 is 0 Å². The van der Waals surface area contributed by atoms with E-state index in [1.165, 1.54) is 13.8 Å². The highest BCUT2D eigenvalue weighted by Crippen LogP contribution is 2.20. The van der Waals surface area contributed by atoms with Crippen molar-refractivity contribution in [3.05, 3.63) is 30.2 Å². The second-order valence-electron chi connectivity index (χ2n) is 5.72. The predicted octanol–water partition coefficient (Wildman–Crippen LogP) is 1.66. The number of hydrogen-bond donors (Lipinski definition) is 2. The zero-order chi connectivity index (χ0) is 17.7. The van der Waals surface area contributed by atoms with Crippen LogP contribution in [0.25, 0.3) is 11.4 Å². The molecule has 0 bridgehead atoms. The number of aryl methyl sites for hydroxylation is 1. The van der Waals surface area contributed by atoms with Crippen LogP contribution < -0.4 is 10.1 Å². The summed E-state index contributed by atoms with van der Waals surface area (Å²) in [6.07, 6.45) is 0.283. The van der Waals surface area contributed by atoms with E-state index < -0.39 is 17.4 Å². The molecule has 8 heteroatoms. The summed E-state index contributed by atoms with van der Waals surface area (Å²) in [6, 6.07) is 7.17. The van der Waals surface area contributed by atoms with Gasteiger partial charge in [-0.3, -0.25) is 4.79 Å². The number of rotatable bonds is 7. The number of carbonyl (C=O) groups is 2. The van der Waals surface area contributed by atoms with Gasteiger partial charge in [0.05, 0.1) is 7.11 Å². The molecule has 0 saturated heterocycles. The quantitative estimate of drug-likeness (QED) is 0.791. The summed E-state index contributed by atoms with van der Waals surface area (Å²) < 4.78 is 10.2. The van der Waals surface area contributed by atoms with Crippen molar-refractivity contribution in [3.8, 4) is 17.1 Å².